The van der Waals surface area contributed by atoms with E-state index in [1.54, 1.807) is 0 Å². The van der Waals surface area contributed by atoms with E-state index in [0.29, 0.717) is 0 Å². The van der Waals surface area contributed by atoms with E-state index >= 15 is 0 Å². The maximum atomic E-state index is 7.50. The van der Waals surface area contributed by atoms with Crippen molar-refractivity contribution in [1.82, 2.24) is 0 Å². The molecule has 0 radical (unpaired) electrons. The summed E-state index contributed by atoms with van der Waals surface area (Å²) in [5.41, 5.74) is 15.0. The topological polar surface area (TPSA) is 123 Å². The van der Waals surface area contributed by atoms with E-state index in [0.717, 1.165) is 0 Å². The summed E-state index contributed by atoms with van der Waals surface area (Å²) in [5.74, 6) is 0. The molecule has 0 bridgehead atoms. The summed E-state index contributed by atoms with van der Waals surface area (Å²) in [6, 6.07) is 0. The molecule has 0 rings (SSSR count). The Bertz CT molecular complexity index is 9.65. The molecular formula is H6MoO4. The second-order valence-corrected chi connectivity index (χ2v) is 0. The third kappa shape index (κ3) is 104. The largest absolute Gasteiger partial charge is 2.00 e. The van der Waals surface area contributed by atoms with Gasteiger partial charge in [-0.2, -0.15) is 0 Å². The van der Waals surface area contributed by atoms with Gasteiger partial charge in [0.15, 0.2) is 0 Å². The Morgan fingerprint density at radius 1 is 1.00 bits per heavy atom. The van der Waals surface area contributed by atoms with E-state index in [1.165, 1.54) is 0 Å². The molecule has 0 aliphatic rings. The fourth-order valence-corrected chi connectivity index (χ4v) is 0. The molecule has 0 heterocycles. The molecule has 5 heavy (non-hydrogen) atoms. The van der Waals surface area contributed by atoms with Gasteiger partial charge in [-0.3, -0.25) is 0 Å². The number of hydrogen-bond acceptors (Lipinski definition) is 2. The molecule has 0 atom stereocenters. The van der Waals surface area contributed by atoms with Crippen molar-refractivity contribution >= 4 is 0 Å². The third-order valence-corrected chi connectivity index (χ3v) is 0. The van der Waals surface area contributed by atoms with Crippen LogP contribution in [0.25, 0.3) is 0 Å². The number of rotatable bonds is 0. The van der Waals surface area contributed by atoms with Gasteiger partial charge in [0.1, 0.15) is 0 Å². The average Bonchev–Trinajstić information content (AvgIpc) is 1.50. The van der Waals surface area contributed by atoms with Crippen molar-refractivity contribution in [3.63, 3.8) is 0 Å². The van der Waals surface area contributed by atoms with Gasteiger partial charge in [0.25, 0.3) is 0 Å². The van der Waals surface area contributed by atoms with Crippen LogP contribution in [0, 0.1) is 0 Å². The van der Waals surface area contributed by atoms with E-state index < -0.39 is 0 Å². The first kappa shape index (κ1) is 17.7. The van der Waals surface area contributed by atoms with Crippen LogP contribution in [0.1, 0.15) is 2.86 Å². The monoisotopic (exact) mass is 170 g/mol. The van der Waals surface area contributed by atoms with Gasteiger partial charge < -0.3 is 21.9 Å². The smallest absolute Gasteiger partial charge is 0.870 e. The summed E-state index contributed by atoms with van der Waals surface area (Å²) in [6.07, 6.45) is 0. The van der Waals surface area contributed by atoms with Crippen molar-refractivity contribution < 1.29 is 45.8 Å². The van der Waals surface area contributed by atoms with E-state index in [-0.39, 0.29) is 32.0 Å². The van der Waals surface area contributed by atoms with Crippen molar-refractivity contribution in [3.05, 3.63) is 0 Å². The minimum Gasteiger partial charge on any atom is -0.870 e. The maximum absolute atomic E-state index is 7.50. The van der Waals surface area contributed by atoms with Gasteiger partial charge in [0.2, 0.25) is 0 Å². The van der Waals surface area contributed by atoms with Gasteiger partial charge in [0, 0.05) is 0 Å². The van der Waals surface area contributed by atoms with Crippen molar-refractivity contribution in [1.29, 1.82) is 0 Å². The van der Waals surface area contributed by atoms with E-state index in [1.807, 2.05) is 0 Å². The summed E-state index contributed by atoms with van der Waals surface area (Å²) in [4.78, 5) is 0. The molecule has 5 heteroatoms. The van der Waals surface area contributed by atoms with Crippen molar-refractivity contribution in [3.8, 4) is 0 Å². The zero-order valence-electron chi connectivity index (χ0n) is 4.22. The molecule has 0 aromatic heterocycles. The first-order chi connectivity index (χ1) is 2.00. The van der Waals surface area contributed by atoms with E-state index in [2.05, 4.69) is 2.86 Å². The normalized spacial score (nSPS) is 2.80. The van der Waals surface area contributed by atoms with Crippen molar-refractivity contribution in [2.45, 2.75) is 0 Å². The Balaban J connectivity index is -0.00000000267. The van der Waals surface area contributed by atoms with Crippen LogP contribution in [0.3, 0.4) is 0 Å². The second-order valence-electron chi connectivity index (χ2n) is 0. The van der Waals surface area contributed by atoms with Crippen LogP contribution in [0.2, 0.25) is 0 Å². The minimum absolute atomic E-state index is 0. The summed E-state index contributed by atoms with van der Waals surface area (Å²) in [5, 5.41) is 0. The van der Waals surface area contributed by atoms with E-state index in [4.69, 9.17) is 11.0 Å². The van der Waals surface area contributed by atoms with Gasteiger partial charge in [-0.05, 0) is 0 Å². The summed E-state index contributed by atoms with van der Waals surface area (Å²) < 4.78 is 9.00. The quantitative estimate of drug-likeness (QED) is 0.388. The fourth-order valence-electron chi connectivity index (χ4n) is 0. The summed E-state index contributed by atoms with van der Waals surface area (Å²) in [6.45, 7) is 0. The van der Waals surface area contributed by atoms with Crippen LogP contribution >= 0.6 is 0 Å². The van der Waals surface area contributed by atoms with Gasteiger partial charge >= 0.3 is 21.1 Å². The first-order valence-corrected chi connectivity index (χ1v) is 0. The Morgan fingerprint density at radius 3 is 1.00 bits per heavy atom. The first-order valence-electron chi connectivity index (χ1n) is 0.816. The minimum atomic E-state index is 0. The van der Waals surface area contributed by atoms with Gasteiger partial charge in [-0.25, -0.2) is 0 Å². The summed E-state index contributed by atoms with van der Waals surface area (Å²) >= 11 is 0. The van der Waals surface area contributed by atoms with Crippen LogP contribution in [-0.4, -0.2) is 21.9 Å². The Kier molecular flexibility index (Phi) is 716. The average molecular weight is 168 g/mol. The summed E-state index contributed by atoms with van der Waals surface area (Å²) in [7, 11) is 0. The third-order valence-electron chi connectivity index (χ3n) is 0. The van der Waals surface area contributed by atoms with Crippen LogP contribution < -0.4 is 0 Å². The maximum Gasteiger partial charge on any atom is 2.00 e. The molecule has 0 aliphatic carbocycles. The fraction of sp³-hybridized carbons (Fsp3) is 0. The van der Waals surface area contributed by atoms with Gasteiger partial charge in [0.05, 0.1) is 0 Å². The van der Waals surface area contributed by atoms with Crippen molar-refractivity contribution in [2.75, 3.05) is 0 Å². The molecule has 0 unspecified atom stereocenters. The molecule has 0 saturated carbocycles. The Labute approximate surface area is 46.7 Å². The number of hydrogen-bond donors (Lipinski definition) is 0. The van der Waals surface area contributed by atoms with Crippen molar-refractivity contribution in [2.24, 2.45) is 0 Å². The zero-order chi connectivity index (χ0) is 4.00. The van der Waals surface area contributed by atoms with Gasteiger partial charge in [-0.15, -0.1) is 2.86 Å². The standard InChI is InChI=1S/Mo.4H2O/h;4*1H2/q+2;;;;/p-2/i/hD2. The molecule has 0 aliphatic heterocycles. The molecule has 6 N–H and O–H groups in total. The molecule has 0 fully saturated rings. The molecule has 0 aromatic rings. The molecule has 0 saturated heterocycles. The van der Waals surface area contributed by atoms with Crippen LogP contribution in [0.4, 0.5) is 0 Å². The molecule has 0 spiro atoms. The van der Waals surface area contributed by atoms with Crippen LogP contribution in [0.5, 0.6) is 0 Å². The predicted molar refractivity (Wildman–Crippen MR) is 11.1 cm³/mol. The zero-order valence-corrected chi connectivity index (χ0v) is 4.23. The molecule has 4 nitrogen and oxygen atoms in total. The molecule has 36 valence electrons. The van der Waals surface area contributed by atoms with Gasteiger partial charge in [-0.1, -0.05) is 0 Å². The Hall–Kier alpha value is 0.528. The molecule has 0 amide bonds. The predicted octanol–water partition coefficient (Wildman–Crippen LogP) is -2.01. The molecular weight excluding hydrogens is 160 g/mol. The molecule has 0 aromatic carbocycles. The second kappa shape index (κ2) is 202. The van der Waals surface area contributed by atoms with Crippen LogP contribution in [0.15, 0.2) is 0 Å². The SMILES string of the molecule is O.O.[2H][O-].[2H][O-].[Mo+2]. The Morgan fingerprint density at radius 2 is 1.00 bits per heavy atom. The van der Waals surface area contributed by atoms with Crippen LogP contribution in [-0.2, 0) is 21.1 Å². The van der Waals surface area contributed by atoms with E-state index in [9.17, 15) is 0 Å².